The van der Waals surface area contributed by atoms with E-state index < -0.39 is 5.82 Å². The van der Waals surface area contributed by atoms with Crippen LogP contribution in [0.15, 0.2) is 12.1 Å². The molecule has 13 heavy (non-hydrogen) atoms. The molecule has 2 nitrogen and oxygen atoms in total. The molecule has 0 N–H and O–H groups in total. The molecule has 0 aliphatic heterocycles. The highest BCUT2D eigenvalue weighted by Gasteiger charge is 2.12. The number of aryl methyl sites for hydroxylation is 1. The molecule has 1 aromatic rings. The van der Waals surface area contributed by atoms with E-state index in [1.165, 1.54) is 14.2 Å². The molecule has 0 fully saturated rings. The van der Waals surface area contributed by atoms with Crippen molar-refractivity contribution in [2.45, 2.75) is 13.3 Å². The van der Waals surface area contributed by atoms with E-state index in [1.807, 2.05) is 6.92 Å². The Hall–Kier alpha value is -1.25. The first-order valence-corrected chi connectivity index (χ1v) is 4.14. The summed E-state index contributed by atoms with van der Waals surface area (Å²) in [7, 11) is 2.89. The summed E-state index contributed by atoms with van der Waals surface area (Å²) in [6, 6.07) is 3.41. The number of halogens is 1. The third kappa shape index (κ3) is 1.74. The molecule has 0 aliphatic rings. The van der Waals surface area contributed by atoms with Crippen LogP contribution in [0.3, 0.4) is 0 Å². The van der Waals surface area contributed by atoms with Gasteiger partial charge in [-0.05, 0) is 18.1 Å². The Morgan fingerprint density at radius 2 is 1.92 bits per heavy atom. The van der Waals surface area contributed by atoms with Gasteiger partial charge in [-0.15, -0.1) is 0 Å². The van der Waals surface area contributed by atoms with E-state index in [4.69, 9.17) is 9.47 Å². The van der Waals surface area contributed by atoms with E-state index in [2.05, 4.69) is 0 Å². The van der Waals surface area contributed by atoms with Gasteiger partial charge in [0.1, 0.15) is 0 Å². The van der Waals surface area contributed by atoms with Crippen LogP contribution in [0.1, 0.15) is 12.5 Å². The van der Waals surface area contributed by atoms with Crippen molar-refractivity contribution < 1.29 is 13.9 Å². The molecule has 0 amide bonds. The maximum absolute atomic E-state index is 13.5. The molecule has 0 aliphatic carbocycles. The fourth-order valence-corrected chi connectivity index (χ4v) is 1.23. The van der Waals surface area contributed by atoms with Crippen molar-refractivity contribution in [2.24, 2.45) is 0 Å². The van der Waals surface area contributed by atoms with Gasteiger partial charge in [-0.2, -0.15) is 4.39 Å². The van der Waals surface area contributed by atoms with E-state index in [0.29, 0.717) is 0 Å². The minimum absolute atomic E-state index is 0.217. The lowest BCUT2D eigenvalue weighted by Crippen LogP contribution is -1.97. The van der Waals surface area contributed by atoms with Crippen LogP contribution < -0.4 is 9.47 Å². The highest BCUT2D eigenvalue weighted by molar-refractivity contribution is 5.42. The minimum Gasteiger partial charge on any atom is -0.494 e. The van der Waals surface area contributed by atoms with Crippen LogP contribution in [0.4, 0.5) is 4.39 Å². The SMILES string of the molecule is CCc1ccc(OC)c(F)c1OC. The van der Waals surface area contributed by atoms with Gasteiger partial charge in [0.05, 0.1) is 14.2 Å². The fourth-order valence-electron chi connectivity index (χ4n) is 1.23. The van der Waals surface area contributed by atoms with Crippen molar-refractivity contribution >= 4 is 0 Å². The van der Waals surface area contributed by atoms with Gasteiger partial charge in [0.15, 0.2) is 11.5 Å². The Morgan fingerprint density at radius 1 is 1.23 bits per heavy atom. The normalized spacial score (nSPS) is 9.85. The van der Waals surface area contributed by atoms with Crippen LogP contribution in [0, 0.1) is 5.82 Å². The zero-order valence-electron chi connectivity index (χ0n) is 8.06. The molecule has 0 saturated heterocycles. The van der Waals surface area contributed by atoms with Crippen LogP contribution in [0.25, 0.3) is 0 Å². The number of hydrogen-bond acceptors (Lipinski definition) is 2. The summed E-state index contributed by atoms with van der Waals surface area (Å²) >= 11 is 0. The fraction of sp³-hybridized carbons (Fsp3) is 0.400. The van der Waals surface area contributed by atoms with E-state index >= 15 is 0 Å². The number of benzene rings is 1. The van der Waals surface area contributed by atoms with Gasteiger partial charge in [0.25, 0.3) is 0 Å². The predicted octanol–water partition coefficient (Wildman–Crippen LogP) is 2.41. The van der Waals surface area contributed by atoms with Gasteiger partial charge in [-0.25, -0.2) is 0 Å². The molecule has 0 aromatic heterocycles. The van der Waals surface area contributed by atoms with Crippen molar-refractivity contribution in [3.8, 4) is 11.5 Å². The third-order valence-corrected chi connectivity index (χ3v) is 1.95. The quantitative estimate of drug-likeness (QED) is 0.718. The highest BCUT2D eigenvalue weighted by Crippen LogP contribution is 2.30. The molecule has 0 atom stereocenters. The minimum atomic E-state index is -0.427. The molecule has 3 heteroatoms. The van der Waals surface area contributed by atoms with Crippen LogP contribution in [0.2, 0.25) is 0 Å². The maximum Gasteiger partial charge on any atom is 0.207 e. The molecule has 0 saturated carbocycles. The molecule has 1 aromatic carbocycles. The monoisotopic (exact) mass is 184 g/mol. The van der Waals surface area contributed by atoms with Gasteiger partial charge in [0, 0.05) is 0 Å². The van der Waals surface area contributed by atoms with Gasteiger partial charge in [0.2, 0.25) is 5.82 Å². The zero-order chi connectivity index (χ0) is 9.84. The second-order valence-corrected chi connectivity index (χ2v) is 2.63. The Balaban J connectivity index is 3.23. The van der Waals surface area contributed by atoms with E-state index in [1.54, 1.807) is 12.1 Å². The molecule has 0 spiro atoms. The van der Waals surface area contributed by atoms with Gasteiger partial charge >= 0.3 is 0 Å². The van der Waals surface area contributed by atoms with E-state index in [9.17, 15) is 4.39 Å². The molecule has 0 bridgehead atoms. The predicted molar refractivity (Wildman–Crippen MR) is 48.9 cm³/mol. The molecular formula is C10H13FO2. The Kier molecular flexibility index (Phi) is 3.12. The Labute approximate surface area is 77.3 Å². The van der Waals surface area contributed by atoms with Crippen LogP contribution >= 0.6 is 0 Å². The van der Waals surface area contributed by atoms with Gasteiger partial charge in [-0.3, -0.25) is 0 Å². The summed E-state index contributed by atoms with van der Waals surface area (Å²) in [5.41, 5.74) is 0.848. The summed E-state index contributed by atoms with van der Waals surface area (Å²) in [5, 5.41) is 0. The lowest BCUT2D eigenvalue weighted by atomic mass is 10.1. The zero-order valence-corrected chi connectivity index (χ0v) is 8.06. The lowest BCUT2D eigenvalue weighted by Gasteiger charge is -2.10. The Bertz CT molecular complexity index is 297. The summed E-state index contributed by atoms with van der Waals surface area (Å²) in [5.74, 6) is 0.0697. The average molecular weight is 184 g/mol. The van der Waals surface area contributed by atoms with Crippen LogP contribution in [-0.2, 0) is 6.42 Å². The smallest absolute Gasteiger partial charge is 0.207 e. The molecular weight excluding hydrogens is 171 g/mol. The van der Waals surface area contributed by atoms with Gasteiger partial charge < -0.3 is 9.47 Å². The van der Waals surface area contributed by atoms with Gasteiger partial charge in [-0.1, -0.05) is 13.0 Å². The van der Waals surface area contributed by atoms with E-state index in [0.717, 1.165) is 12.0 Å². The number of ether oxygens (including phenoxy) is 2. The number of rotatable bonds is 3. The summed E-state index contributed by atoms with van der Waals surface area (Å²) in [4.78, 5) is 0. The molecule has 0 radical (unpaired) electrons. The maximum atomic E-state index is 13.5. The standard InChI is InChI=1S/C10H13FO2/c1-4-7-5-6-8(12-2)9(11)10(7)13-3/h5-6H,4H2,1-3H3. The summed E-state index contributed by atoms with van der Waals surface area (Å²) < 4.78 is 23.3. The number of methoxy groups -OCH3 is 2. The van der Waals surface area contributed by atoms with Crippen LogP contribution in [0.5, 0.6) is 11.5 Å². The molecule has 0 heterocycles. The van der Waals surface area contributed by atoms with Crippen molar-refractivity contribution in [1.29, 1.82) is 0 Å². The first-order chi connectivity index (χ1) is 6.24. The first kappa shape index (κ1) is 9.84. The number of hydrogen-bond donors (Lipinski definition) is 0. The third-order valence-electron chi connectivity index (χ3n) is 1.95. The van der Waals surface area contributed by atoms with Crippen molar-refractivity contribution in [3.05, 3.63) is 23.5 Å². The largest absolute Gasteiger partial charge is 0.494 e. The summed E-state index contributed by atoms with van der Waals surface area (Å²) in [6.45, 7) is 1.95. The van der Waals surface area contributed by atoms with Crippen molar-refractivity contribution in [2.75, 3.05) is 14.2 Å². The second-order valence-electron chi connectivity index (χ2n) is 2.63. The average Bonchev–Trinajstić information content (AvgIpc) is 2.17. The van der Waals surface area contributed by atoms with Crippen LogP contribution in [-0.4, -0.2) is 14.2 Å². The van der Waals surface area contributed by atoms with Crippen molar-refractivity contribution in [1.82, 2.24) is 0 Å². The summed E-state index contributed by atoms with van der Waals surface area (Å²) in [6.07, 6.45) is 0.740. The molecule has 72 valence electrons. The first-order valence-electron chi connectivity index (χ1n) is 4.14. The Morgan fingerprint density at radius 3 is 2.38 bits per heavy atom. The van der Waals surface area contributed by atoms with E-state index in [-0.39, 0.29) is 11.5 Å². The lowest BCUT2D eigenvalue weighted by molar-refractivity contribution is 0.347. The van der Waals surface area contributed by atoms with Crippen molar-refractivity contribution in [3.63, 3.8) is 0 Å². The molecule has 1 rings (SSSR count). The second kappa shape index (κ2) is 4.12. The topological polar surface area (TPSA) is 18.5 Å². The molecule has 0 unspecified atom stereocenters. The highest BCUT2D eigenvalue weighted by atomic mass is 19.1.